The van der Waals surface area contributed by atoms with Gasteiger partial charge in [0.15, 0.2) is 0 Å². The summed E-state index contributed by atoms with van der Waals surface area (Å²) in [6.07, 6.45) is 2.12. The minimum Gasteiger partial charge on any atom is -0.390 e. The molecule has 0 heterocycles. The predicted octanol–water partition coefficient (Wildman–Crippen LogP) is 3.34. The standard InChI is InChI=1S/C20H21FN2O3S/c1-20(24)10-8-16(9-11-20)23-27(25,26)17-6-7-18(19(21)12-17)15-4-2-14(13-22)3-5-15/h2-7,12,16,23-24H,8-11H2,1H3. The van der Waals surface area contributed by atoms with E-state index in [1.165, 1.54) is 12.1 Å². The number of sulfonamides is 1. The summed E-state index contributed by atoms with van der Waals surface area (Å²) in [5.74, 6) is -0.644. The Labute approximate surface area is 158 Å². The Kier molecular flexibility index (Phi) is 5.33. The maximum absolute atomic E-state index is 14.5. The molecule has 0 bridgehead atoms. The predicted molar refractivity (Wildman–Crippen MR) is 99.8 cm³/mol. The van der Waals surface area contributed by atoms with Crippen molar-refractivity contribution in [3.63, 3.8) is 0 Å². The molecule has 0 amide bonds. The Balaban J connectivity index is 1.78. The summed E-state index contributed by atoms with van der Waals surface area (Å²) in [5, 5.41) is 18.8. The van der Waals surface area contributed by atoms with Gasteiger partial charge in [0.25, 0.3) is 0 Å². The lowest BCUT2D eigenvalue weighted by atomic mass is 9.84. The number of nitrogens with zero attached hydrogens (tertiary/aromatic N) is 1. The first-order valence-corrected chi connectivity index (χ1v) is 10.2. The normalized spacial score (nSPS) is 23.0. The van der Waals surface area contributed by atoms with E-state index in [-0.39, 0.29) is 16.5 Å². The largest absolute Gasteiger partial charge is 0.390 e. The maximum atomic E-state index is 14.5. The number of benzene rings is 2. The topological polar surface area (TPSA) is 90.2 Å². The number of hydrogen-bond acceptors (Lipinski definition) is 4. The third-order valence-electron chi connectivity index (χ3n) is 4.96. The number of hydrogen-bond donors (Lipinski definition) is 2. The van der Waals surface area contributed by atoms with Crippen LogP contribution in [-0.4, -0.2) is 25.2 Å². The molecule has 1 aliphatic rings. The first kappa shape index (κ1) is 19.5. The van der Waals surface area contributed by atoms with Gasteiger partial charge in [-0.25, -0.2) is 17.5 Å². The molecule has 2 aromatic rings. The molecule has 1 saturated carbocycles. The molecule has 2 aromatic carbocycles. The minimum atomic E-state index is -3.84. The highest BCUT2D eigenvalue weighted by Crippen LogP contribution is 2.29. The van der Waals surface area contributed by atoms with Gasteiger partial charge in [-0.2, -0.15) is 5.26 Å². The van der Waals surface area contributed by atoms with Crippen molar-refractivity contribution in [1.29, 1.82) is 5.26 Å². The SMILES string of the molecule is CC1(O)CCC(NS(=O)(=O)c2ccc(-c3ccc(C#N)cc3)c(F)c2)CC1. The lowest BCUT2D eigenvalue weighted by molar-refractivity contribution is 0.0163. The Hall–Kier alpha value is -2.27. The van der Waals surface area contributed by atoms with E-state index < -0.39 is 21.4 Å². The highest BCUT2D eigenvalue weighted by atomic mass is 32.2. The van der Waals surface area contributed by atoms with Gasteiger partial charge in [-0.1, -0.05) is 18.2 Å². The van der Waals surface area contributed by atoms with E-state index in [9.17, 15) is 17.9 Å². The van der Waals surface area contributed by atoms with Crippen molar-refractivity contribution in [3.8, 4) is 17.2 Å². The minimum absolute atomic E-state index is 0.130. The zero-order valence-electron chi connectivity index (χ0n) is 14.9. The van der Waals surface area contributed by atoms with Crippen LogP contribution in [0.25, 0.3) is 11.1 Å². The molecule has 0 spiro atoms. The van der Waals surface area contributed by atoms with Crippen molar-refractivity contribution in [2.45, 2.75) is 49.1 Å². The second kappa shape index (κ2) is 7.39. The summed E-state index contributed by atoms with van der Waals surface area (Å²) in [6, 6.07) is 11.9. The van der Waals surface area contributed by atoms with Crippen molar-refractivity contribution >= 4 is 10.0 Å². The van der Waals surface area contributed by atoms with E-state index in [1.54, 1.807) is 31.2 Å². The highest BCUT2D eigenvalue weighted by Gasteiger charge is 2.31. The van der Waals surface area contributed by atoms with Crippen LogP contribution in [0.2, 0.25) is 0 Å². The molecule has 5 nitrogen and oxygen atoms in total. The van der Waals surface area contributed by atoms with Crippen molar-refractivity contribution in [2.24, 2.45) is 0 Å². The van der Waals surface area contributed by atoms with Gasteiger partial charge in [0.1, 0.15) is 5.82 Å². The van der Waals surface area contributed by atoms with Crippen LogP contribution in [0.15, 0.2) is 47.4 Å². The summed E-state index contributed by atoms with van der Waals surface area (Å²) in [4.78, 5) is -0.130. The van der Waals surface area contributed by atoms with E-state index in [2.05, 4.69) is 4.72 Å². The Morgan fingerprint density at radius 1 is 1.19 bits per heavy atom. The van der Waals surface area contributed by atoms with Gasteiger partial charge < -0.3 is 5.11 Å². The molecule has 7 heteroatoms. The van der Waals surface area contributed by atoms with Crippen LogP contribution in [-0.2, 0) is 10.0 Å². The second-order valence-corrected chi connectivity index (χ2v) is 8.94. The molecule has 1 aliphatic carbocycles. The summed E-state index contributed by atoms with van der Waals surface area (Å²) in [6.45, 7) is 1.75. The van der Waals surface area contributed by atoms with E-state index in [4.69, 9.17) is 5.26 Å². The molecule has 0 aromatic heterocycles. The zero-order chi connectivity index (χ0) is 19.7. The number of nitriles is 1. The Morgan fingerprint density at radius 3 is 2.37 bits per heavy atom. The van der Waals surface area contributed by atoms with E-state index >= 15 is 0 Å². The molecular weight excluding hydrogens is 367 g/mol. The maximum Gasteiger partial charge on any atom is 0.240 e. The molecule has 2 N–H and O–H groups in total. The fraction of sp³-hybridized carbons (Fsp3) is 0.350. The highest BCUT2D eigenvalue weighted by molar-refractivity contribution is 7.89. The monoisotopic (exact) mass is 388 g/mol. The van der Waals surface area contributed by atoms with Crippen LogP contribution < -0.4 is 4.72 Å². The third kappa shape index (κ3) is 4.53. The lowest BCUT2D eigenvalue weighted by Gasteiger charge is -2.33. The molecule has 0 atom stereocenters. The molecular formula is C20H21FN2O3S. The summed E-state index contributed by atoms with van der Waals surface area (Å²) in [7, 11) is -3.84. The number of halogens is 1. The average molecular weight is 388 g/mol. The van der Waals surface area contributed by atoms with Crippen molar-refractivity contribution in [1.82, 2.24) is 4.72 Å². The molecule has 3 rings (SSSR count). The fourth-order valence-electron chi connectivity index (χ4n) is 3.27. The van der Waals surface area contributed by atoms with Gasteiger partial charge in [-0.05, 0) is 62.4 Å². The molecule has 0 radical (unpaired) electrons. The van der Waals surface area contributed by atoms with Crippen molar-refractivity contribution < 1.29 is 17.9 Å². The molecule has 1 fully saturated rings. The summed E-state index contributed by atoms with van der Waals surface area (Å²) >= 11 is 0. The van der Waals surface area contributed by atoms with Gasteiger partial charge in [-0.3, -0.25) is 0 Å². The van der Waals surface area contributed by atoms with Crippen LogP contribution in [0.5, 0.6) is 0 Å². The van der Waals surface area contributed by atoms with Crippen LogP contribution in [0.3, 0.4) is 0 Å². The average Bonchev–Trinajstić information content (AvgIpc) is 2.63. The fourth-order valence-corrected chi connectivity index (χ4v) is 4.58. The van der Waals surface area contributed by atoms with E-state index in [1.807, 2.05) is 6.07 Å². The van der Waals surface area contributed by atoms with Gasteiger partial charge >= 0.3 is 0 Å². The molecule has 27 heavy (non-hydrogen) atoms. The van der Waals surface area contributed by atoms with Gasteiger partial charge in [0.2, 0.25) is 10.0 Å². The molecule has 0 saturated heterocycles. The van der Waals surface area contributed by atoms with Crippen LogP contribution in [0.1, 0.15) is 38.2 Å². The van der Waals surface area contributed by atoms with Crippen LogP contribution in [0.4, 0.5) is 4.39 Å². The summed E-state index contributed by atoms with van der Waals surface area (Å²) in [5.41, 5.74) is 0.552. The van der Waals surface area contributed by atoms with E-state index in [0.29, 0.717) is 36.8 Å². The molecule has 0 unspecified atom stereocenters. The third-order valence-corrected chi connectivity index (χ3v) is 6.48. The lowest BCUT2D eigenvalue weighted by Crippen LogP contribution is -2.42. The first-order valence-electron chi connectivity index (χ1n) is 8.75. The van der Waals surface area contributed by atoms with E-state index in [0.717, 1.165) is 6.07 Å². The number of nitrogens with one attached hydrogen (secondary N) is 1. The Morgan fingerprint density at radius 2 is 1.81 bits per heavy atom. The van der Waals surface area contributed by atoms with Crippen molar-refractivity contribution in [3.05, 3.63) is 53.8 Å². The van der Waals surface area contributed by atoms with Gasteiger partial charge in [0.05, 0.1) is 22.1 Å². The second-order valence-electron chi connectivity index (χ2n) is 7.22. The zero-order valence-corrected chi connectivity index (χ0v) is 15.8. The summed E-state index contributed by atoms with van der Waals surface area (Å²) < 4.78 is 42.3. The first-order chi connectivity index (χ1) is 12.7. The molecule has 0 aliphatic heterocycles. The van der Waals surface area contributed by atoms with Crippen LogP contribution in [0, 0.1) is 17.1 Å². The number of aliphatic hydroxyl groups is 1. The smallest absolute Gasteiger partial charge is 0.240 e. The van der Waals surface area contributed by atoms with Gasteiger partial charge in [0, 0.05) is 11.6 Å². The van der Waals surface area contributed by atoms with Crippen molar-refractivity contribution in [2.75, 3.05) is 0 Å². The van der Waals surface area contributed by atoms with Crippen LogP contribution >= 0.6 is 0 Å². The number of rotatable bonds is 4. The molecule has 142 valence electrons. The Bertz CT molecular complexity index is 969. The quantitative estimate of drug-likeness (QED) is 0.841. The van der Waals surface area contributed by atoms with Gasteiger partial charge in [-0.15, -0.1) is 0 Å².